The van der Waals surface area contributed by atoms with Crippen molar-refractivity contribution in [2.24, 2.45) is 5.92 Å². The number of hydrogen-bond donors (Lipinski definition) is 1. The maximum Gasteiger partial charge on any atom is 0.226 e. The zero-order chi connectivity index (χ0) is 11.8. The summed E-state index contributed by atoms with van der Waals surface area (Å²) in [4.78, 5) is 11.7. The lowest BCUT2D eigenvalue weighted by Crippen LogP contribution is -2.33. The standard InChI is InChI=1S/C12H16ClNO2/c1-16-9-11(7-13)12(15)14-8-10-5-3-2-4-6-10/h2-6,11H,7-9H2,1H3,(H,14,15). The number of alkyl halides is 1. The Morgan fingerprint density at radius 3 is 2.69 bits per heavy atom. The van der Waals surface area contributed by atoms with Gasteiger partial charge in [-0.3, -0.25) is 4.79 Å². The molecule has 0 aliphatic rings. The summed E-state index contributed by atoms with van der Waals surface area (Å²) in [6, 6.07) is 9.75. The molecule has 1 atom stereocenters. The van der Waals surface area contributed by atoms with Gasteiger partial charge in [0.1, 0.15) is 0 Å². The Hall–Kier alpha value is -1.06. The van der Waals surface area contributed by atoms with Gasteiger partial charge >= 0.3 is 0 Å². The third-order valence-corrected chi connectivity index (χ3v) is 2.61. The number of amides is 1. The van der Waals surface area contributed by atoms with E-state index in [2.05, 4.69) is 5.32 Å². The quantitative estimate of drug-likeness (QED) is 0.772. The average molecular weight is 242 g/mol. The van der Waals surface area contributed by atoms with E-state index in [4.69, 9.17) is 16.3 Å². The second-order valence-corrected chi connectivity index (χ2v) is 3.82. The van der Waals surface area contributed by atoms with Gasteiger partial charge in [0.05, 0.1) is 12.5 Å². The summed E-state index contributed by atoms with van der Waals surface area (Å²) in [5.74, 6) is -0.0786. The highest BCUT2D eigenvalue weighted by Gasteiger charge is 2.16. The number of methoxy groups -OCH3 is 1. The molecule has 88 valence electrons. The summed E-state index contributed by atoms with van der Waals surface area (Å²) in [5.41, 5.74) is 1.07. The lowest BCUT2D eigenvalue weighted by Gasteiger charge is -2.12. The molecule has 3 nitrogen and oxygen atoms in total. The Bertz CT molecular complexity index is 316. The molecule has 0 aromatic heterocycles. The molecule has 0 spiro atoms. The molecule has 1 aromatic rings. The van der Waals surface area contributed by atoms with E-state index in [1.54, 1.807) is 7.11 Å². The fraction of sp³-hybridized carbons (Fsp3) is 0.417. The first kappa shape index (κ1) is 13.0. The number of halogens is 1. The number of benzene rings is 1. The molecule has 0 aliphatic carbocycles. The van der Waals surface area contributed by atoms with Gasteiger partial charge in [0.2, 0.25) is 5.91 Å². The van der Waals surface area contributed by atoms with E-state index in [0.29, 0.717) is 13.2 Å². The summed E-state index contributed by atoms with van der Waals surface area (Å²) >= 11 is 5.68. The van der Waals surface area contributed by atoms with E-state index in [-0.39, 0.29) is 17.7 Å². The van der Waals surface area contributed by atoms with Gasteiger partial charge in [-0.25, -0.2) is 0 Å². The van der Waals surface area contributed by atoms with Gasteiger partial charge in [0.25, 0.3) is 0 Å². The smallest absolute Gasteiger partial charge is 0.226 e. The summed E-state index contributed by atoms with van der Waals surface area (Å²) in [7, 11) is 1.56. The van der Waals surface area contributed by atoms with Crippen molar-refractivity contribution in [2.75, 3.05) is 19.6 Å². The highest BCUT2D eigenvalue weighted by atomic mass is 35.5. The van der Waals surface area contributed by atoms with Crippen LogP contribution >= 0.6 is 11.6 Å². The second kappa shape index (κ2) is 7.25. The molecule has 1 aromatic carbocycles. The number of ether oxygens (including phenoxy) is 1. The van der Waals surface area contributed by atoms with Gasteiger partial charge in [0, 0.05) is 19.5 Å². The Morgan fingerprint density at radius 1 is 1.44 bits per heavy atom. The van der Waals surface area contributed by atoms with Crippen LogP contribution in [-0.2, 0) is 16.1 Å². The molecule has 0 bridgehead atoms. The molecule has 0 radical (unpaired) electrons. The van der Waals surface area contributed by atoms with Crippen molar-refractivity contribution >= 4 is 17.5 Å². The summed E-state index contributed by atoms with van der Waals surface area (Å²) < 4.78 is 4.92. The van der Waals surface area contributed by atoms with Crippen LogP contribution in [0.15, 0.2) is 30.3 Å². The van der Waals surface area contributed by atoms with Crippen molar-refractivity contribution in [3.05, 3.63) is 35.9 Å². The summed E-state index contributed by atoms with van der Waals surface area (Å²) in [6.45, 7) is 0.876. The highest BCUT2D eigenvalue weighted by Crippen LogP contribution is 2.02. The van der Waals surface area contributed by atoms with E-state index < -0.39 is 0 Å². The number of nitrogens with one attached hydrogen (secondary N) is 1. The van der Waals surface area contributed by atoms with Gasteiger partial charge < -0.3 is 10.1 Å². The second-order valence-electron chi connectivity index (χ2n) is 3.51. The van der Waals surface area contributed by atoms with Crippen LogP contribution in [0.1, 0.15) is 5.56 Å². The van der Waals surface area contributed by atoms with E-state index in [0.717, 1.165) is 5.56 Å². The summed E-state index contributed by atoms with van der Waals surface area (Å²) in [5, 5.41) is 2.83. The number of carbonyl (C=O) groups excluding carboxylic acids is 1. The van der Waals surface area contributed by atoms with E-state index in [9.17, 15) is 4.79 Å². The zero-order valence-electron chi connectivity index (χ0n) is 9.28. The van der Waals surface area contributed by atoms with Crippen molar-refractivity contribution in [2.45, 2.75) is 6.54 Å². The third kappa shape index (κ3) is 4.21. The molecule has 1 rings (SSSR count). The van der Waals surface area contributed by atoms with Crippen LogP contribution in [0.4, 0.5) is 0 Å². The van der Waals surface area contributed by atoms with Gasteiger partial charge in [0.15, 0.2) is 0 Å². The Morgan fingerprint density at radius 2 is 2.12 bits per heavy atom. The molecular formula is C12H16ClNO2. The normalized spacial score (nSPS) is 12.1. The molecule has 1 N–H and O–H groups in total. The SMILES string of the molecule is COCC(CCl)C(=O)NCc1ccccc1. The van der Waals surface area contributed by atoms with Crippen LogP contribution in [0.25, 0.3) is 0 Å². The van der Waals surface area contributed by atoms with Crippen LogP contribution in [-0.4, -0.2) is 25.5 Å². The first-order valence-electron chi connectivity index (χ1n) is 5.14. The lowest BCUT2D eigenvalue weighted by atomic mass is 10.1. The molecule has 0 heterocycles. The number of hydrogen-bond acceptors (Lipinski definition) is 2. The van der Waals surface area contributed by atoms with Gasteiger partial charge in [-0.2, -0.15) is 0 Å². The molecule has 4 heteroatoms. The monoisotopic (exact) mass is 241 g/mol. The van der Waals surface area contributed by atoms with Crippen LogP contribution < -0.4 is 5.32 Å². The molecule has 0 saturated carbocycles. The van der Waals surface area contributed by atoms with Crippen molar-refractivity contribution in [3.8, 4) is 0 Å². The Balaban J connectivity index is 2.40. The summed E-state index contributed by atoms with van der Waals surface area (Å²) in [6.07, 6.45) is 0. The molecule has 0 saturated heterocycles. The molecule has 0 fully saturated rings. The first-order valence-corrected chi connectivity index (χ1v) is 5.68. The highest BCUT2D eigenvalue weighted by molar-refractivity contribution is 6.19. The van der Waals surface area contributed by atoms with Gasteiger partial charge in [-0.15, -0.1) is 11.6 Å². The molecule has 16 heavy (non-hydrogen) atoms. The average Bonchev–Trinajstić information content (AvgIpc) is 2.34. The van der Waals surface area contributed by atoms with Crippen molar-refractivity contribution < 1.29 is 9.53 Å². The topological polar surface area (TPSA) is 38.3 Å². The van der Waals surface area contributed by atoms with E-state index in [1.807, 2.05) is 30.3 Å². The maximum atomic E-state index is 11.7. The molecule has 1 unspecified atom stereocenters. The minimum atomic E-state index is -0.282. The van der Waals surface area contributed by atoms with Gasteiger partial charge in [-0.05, 0) is 5.56 Å². The fourth-order valence-electron chi connectivity index (χ4n) is 1.32. The number of carbonyl (C=O) groups is 1. The molecule has 1 amide bonds. The lowest BCUT2D eigenvalue weighted by molar-refractivity contribution is -0.126. The molecule has 0 aliphatic heterocycles. The predicted molar refractivity (Wildman–Crippen MR) is 64.4 cm³/mol. The van der Waals surface area contributed by atoms with Crippen molar-refractivity contribution in [1.82, 2.24) is 5.32 Å². The minimum absolute atomic E-state index is 0.0688. The third-order valence-electron chi connectivity index (χ3n) is 2.23. The maximum absolute atomic E-state index is 11.7. The minimum Gasteiger partial charge on any atom is -0.384 e. The van der Waals surface area contributed by atoms with Crippen molar-refractivity contribution in [1.29, 1.82) is 0 Å². The van der Waals surface area contributed by atoms with Crippen LogP contribution in [0.3, 0.4) is 0 Å². The predicted octanol–water partition coefficient (Wildman–Crippen LogP) is 1.80. The van der Waals surface area contributed by atoms with Crippen LogP contribution in [0, 0.1) is 5.92 Å². The van der Waals surface area contributed by atoms with Gasteiger partial charge in [-0.1, -0.05) is 30.3 Å². The van der Waals surface area contributed by atoms with Crippen molar-refractivity contribution in [3.63, 3.8) is 0 Å². The van der Waals surface area contributed by atoms with Crippen LogP contribution in [0.5, 0.6) is 0 Å². The number of rotatable bonds is 6. The van der Waals surface area contributed by atoms with E-state index >= 15 is 0 Å². The fourth-order valence-corrected chi connectivity index (χ4v) is 1.55. The van der Waals surface area contributed by atoms with E-state index in [1.165, 1.54) is 0 Å². The zero-order valence-corrected chi connectivity index (χ0v) is 10.0. The Labute approximate surface area is 101 Å². The van der Waals surface area contributed by atoms with Crippen LogP contribution in [0.2, 0.25) is 0 Å². The Kier molecular flexibility index (Phi) is 5.90. The molecular weight excluding hydrogens is 226 g/mol. The first-order chi connectivity index (χ1) is 7.77. The largest absolute Gasteiger partial charge is 0.384 e.